The molecule has 1 heterocycles. The molecule has 4 heteroatoms. The Labute approximate surface area is 92.1 Å². The molecule has 1 atom stereocenters. The number of hydrogen-bond donors (Lipinski definition) is 1. The standard InChI is InChI=1S/C11H22N4/c1-5-6-11(2,9-12-3)7-10-8-15(4)14-13-10/h8,12H,5-7,9H2,1-4H3. The maximum Gasteiger partial charge on any atom is 0.0832 e. The van der Waals surface area contributed by atoms with E-state index in [0.29, 0.717) is 5.41 Å². The number of nitrogens with zero attached hydrogens (tertiary/aromatic N) is 3. The van der Waals surface area contributed by atoms with Gasteiger partial charge in [0.15, 0.2) is 0 Å². The van der Waals surface area contributed by atoms with Gasteiger partial charge in [-0.2, -0.15) is 0 Å². The second-order valence-corrected chi connectivity index (χ2v) is 4.65. The van der Waals surface area contributed by atoms with Gasteiger partial charge in [0.1, 0.15) is 0 Å². The van der Waals surface area contributed by atoms with E-state index in [2.05, 4.69) is 29.5 Å². The third-order valence-corrected chi connectivity index (χ3v) is 2.72. The van der Waals surface area contributed by atoms with Crippen molar-refractivity contribution in [2.24, 2.45) is 12.5 Å². The van der Waals surface area contributed by atoms with Crippen molar-refractivity contribution in [2.75, 3.05) is 13.6 Å². The fourth-order valence-electron chi connectivity index (χ4n) is 2.18. The van der Waals surface area contributed by atoms with Crippen LogP contribution in [0.5, 0.6) is 0 Å². The summed E-state index contributed by atoms with van der Waals surface area (Å²) in [4.78, 5) is 0. The van der Waals surface area contributed by atoms with Crippen molar-refractivity contribution in [1.82, 2.24) is 20.3 Å². The number of aromatic nitrogens is 3. The van der Waals surface area contributed by atoms with Crippen LogP contribution in [0.1, 0.15) is 32.4 Å². The molecule has 0 aromatic carbocycles. The Hall–Kier alpha value is -0.900. The molecule has 15 heavy (non-hydrogen) atoms. The molecule has 0 radical (unpaired) electrons. The van der Waals surface area contributed by atoms with E-state index in [-0.39, 0.29) is 0 Å². The van der Waals surface area contributed by atoms with Crippen LogP contribution in [-0.2, 0) is 13.5 Å². The fourth-order valence-corrected chi connectivity index (χ4v) is 2.18. The molecule has 0 aliphatic heterocycles. The summed E-state index contributed by atoms with van der Waals surface area (Å²) in [6.07, 6.45) is 5.42. The molecule has 0 spiro atoms. The quantitative estimate of drug-likeness (QED) is 0.771. The highest BCUT2D eigenvalue weighted by atomic mass is 15.4. The molecule has 0 saturated heterocycles. The zero-order valence-corrected chi connectivity index (χ0v) is 10.2. The second-order valence-electron chi connectivity index (χ2n) is 4.65. The van der Waals surface area contributed by atoms with Crippen molar-refractivity contribution in [3.63, 3.8) is 0 Å². The third kappa shape index (κ3) is 3.63. The molecular formula is C11H22N4. The summed E-state index contributed by atoms with van der Waals surface area (Å²) in [5.41, 5.74) is 1.38. The Kier molecular flexibility index (Phi) is 4.27. The molecule has 0 fully saturated rings. The molecule has 1 aromatic rings. The fraction of sp³-hybridized carbons (Fsp3) is 0.818. The first kappa shape index (κ1) is 12.2. The molecule has 0 amide bonds. The van der Waals surface area contributed by atoms with Crippen LogP contribution in [0, 0.1) is 5.41 Å². The summed E-state index contributed by atoms with van der Waals surface area (Å²) < 4.78 is 1.76. The van der Waals surface area contributed by atoms with Gasteiger partial charge in [-0.3, -0.25) is 4.68 Å². The topological polar surface area (TPSA) is 42.7 Å². The molecular weight excluding hydrogens is 188 g/mol. The number of aryl methyl sites for hydroxylation is 1. The van der Waals surface area contributed by atoms with Crippen molar-refractivity contribution in [3.05, 3.63) is 11.9 Å². The van der Waals surface area contributed by atoms with Crippen molar-refractivity contribution in [1.29, 1.82) is 0 Å². The van der Waals surface area contributed by atoms with Crippen LogP contribution in [0.4, 0.5) is 0 Å². The molecule has 0 bridgehead atoms. The monoisotopic (exact) mass is 210 g/mol. The predicted octanol–water partition coefficient (Wildman–Crippen LogP) is 1.38. The normalized spacial score (nSPS) is 15.2. The highest BCUT2D eigenvalue weighted by Gasteiger charge is 2.24. The van der Waals surface area contributed by atoms with Gasteiger partial charge in [0, 0.05) is 19.8 Å². The zero-order valence-electron chi connectivity index (χ0n) is 10.2. The Bertz CT molecular complexity index is 287. The Morgan fingerprint density at radius 1 is 1.53 bits per heavy atom. The summed E-state index contributed by atoms with van der Waals surface area (Å²) in [7, 11) is 3.91. The van der Waals surface area contributed by atoms with Gasteiger partial charge >= 0.3 is 0 Å². The van der Waals surface area contributed by atoms with Gasteiger partial charge < -0.3 is 5.32 Å². The van der Waals surface area contributed by atoms with E-state index in [9.17, 15) is 0 Å². The smallest absolute Gasteiger partial charge is 0.0832 e. The van der Waals surface area contributed by atoms with Gasteiger partial charge in [0.2, 0.25) is 0 Å². The summed E-state index contributed by atoms with van der Waals surface area (Å²) >= 11 is 0. The highest BCUT2D eigenvalue weighted by Crippen LogP contribution is 2.26. The molecule has 1 rings (SSSR count). The van der Waals surface area contributed by atoms with Crippen LogP contribution in [0.3, 0.4) is 0 Å². The second kappa shape index (κ2) is 5.26. The third-order valence-electron chi connectivity index (χ3n) is 2.72. The Morgan fingerprint density at radius 2 is 2.27 bits per heavy atom. The SMILES string of the molecule is CCCC(C)(CNC)Cc1cn(C)nn1. The minimum Gasteiger partial charge on any atom is -0.319 e. The van der Waals surface area contributed by atoms with E-state index in [0.717, 1.165) is 18.7 Å². The van der Waals surface area contributed by atoms with Crippen LogP contribution >= 0.6 is 0 Å². The summed E-state index contributed by atoms with van der Waals surface area (Å²) in [6, 6.07) is 0. The minimum absolute atomic E-state index is 0.291. The number of rotatable bonds is 6. The number of nitrogens with one attached hydrogen (secondary N) is 1. The highest BCUT2D eigenvalue weighted by molar-refractivity contribution is 4.98. The lowest BCUT2D eigenvalue weighted by atomic mass is 9.81. The van der Waals surface area contributed by atoms with Crippen molar-refractivity contribution in [3.8, 4) is 0 Å². The van der Waals surface area contributed by atoms with E-state index in [1.807, 2.05) is 20.3 Å². The summed E-state index contributed by atoms with van der Waals surface area (Å²) in [6.45, 7) is 5.56. The van der Waals surface area contributed by atoms with Gasteiger partial charge in [-0.15, -0.1) is 5.10 Å². The van der Waals surface area contributed by atoms with Crippen LogP contribution in [-0.4, -0.2) is 28.6 Å². The molecule has 0 saturated carbocycles. The first-order valence-electron chi connectivity index (χ1n) is 5.59. The molecule has 1 N–H and O–H groups in total. The van der Waals surface area contributed by atoms with Crippen LogP contribution in [0.2, 0.25) is 0 Å². The average Bonchev–Trinajstić information content (AvgIpc) is 2.51. The van der Waals surface area contributed by atoms with E-state index in [4.69, 9.17) is 0 Å². The Morgan fingerprint density at radius 3 is 2.73 bits per heavy atom. The lowest BCUT2D eigenvalue weighted by Gasteiger charge is -2.28. The molecule has 0 aliphatic rings. The lowest BCUT2D eigenvalue weighted by Crippen LogP contribution is -2.31. The molecule has 0 aliphatic carbocycles. The lowest BCUT2D eigenvalue weighted by molar-refractivity contribution is 0.280. The van der Waals surface area contributed by atoms with Crippen molar-refractivity contribution < 1.29 is 0 Å². The van der Waals surface area contributed by atoms with Gasteiger partial charge in [0.05, 0.1) is 5.69 Å². The van der Waals surface area contributed by atoms with Crippen molar-refractivity contribution >= 4 is 0 Å². The summed E-state index contributed by atoms with van der Waals surface area (Å²) in [5, 5.41) is 11.4. The minimum atomic E-state index is 0.291. The number of hydrogen-bond acceptors (Lipinski definition) is 3. The maximum absolute atomic E-state index is 4.15. The predicted molar refractivity (Wildman–Crippen MR) is 61.6 cm³/mol. The van der Waals surface area contributed by atoms with Gasteiger partial charge in [-0.1, -0.05) is 25.5 Å². The largest absolute Gasteiger partial charge is 0.319 e. The van der Waals surface area contributed by atoms with E-state index in [1.54, 1.807) is 4.68 Å². The van der Waals surface area contributed by atoms with Crippen LogP contribution in [0.25, 0.3) is 0 Å². The molecule has 1 aromatic heterocycles. The zero-order chi connectivity index (χ0) is 11.3. The maximum atomic E-state index is 4.15. The van der Waals surface area contributed by atoms with Gasteiger partial charge in [-0.25, -0.2) is 0 Å². The Balaban J connectivity index is 2.65. The van der Waals surface area contributed by atoms with Gasteiger partial charge in [0.25, 0.3) is 0 Å². The first-order valence-corrected chi connectivity index (χ1v) is 5.59. The summed E-state index contributed by atoms with van der Waals surface area (Å²) in [5.74, 6) is 0. The molecule has 4 nitrogen and oxygen atoms in total. The van der Waals surface area contributed by atoms with E-state index < -0.39 is 0 Å². The van der Waals surface area contributed by atoms with Crippen LogP contribution in [0.15, 0.2) is 6.20 Å². The average molecular weight is 210 g/mol. The van der Waals surface area contributed by atoms with Gasteiger partial charge in [-0.05, 0) is 25.3 Å². The van der Waals surface area contributed by atoms with Crippen molar-refractivity contribution in [2.45, 2.75) is 33.1 Å². The molecule has 86 valence electrons. The van der Waals surface area contributed by atoms with Crippen LogP contribution < -0.4 is 5.32 Å². The van der Waals surface area contributed by atoms with E-state index in [1.165, 1.54) is 12.8 Å². The first-order chi connectivity index (χ1) is 7.09. The van der Waals surface area contributed by atoms with E-state index >= 15 is 0 Å². The molecule has 1 unspecified atom stereocenters.